The van der Waals surface area contributed by atoms with Crippen LogP contribution in [0.4, 0.5) is 17.1 Å². The summed E-state index contributed by atoms with van der Waals surface area (Å²) in [5.74, 6) is 0.530. The Kier molecular flexibility index (Phi) is 6.05. The van der Waals surface area contributed by atoms with Crippen molar-refractivity contribution in [2.75, 3.05) is 23.4 Å². The Morgan fingerprint density at radius 2 is 1.74 bits per heavy atom. The second-order valence-corrected chi connectivity index (χ2v) is 5.89. The molecule has 0 aliphatic heterocycles. The molecule has 27 heavy (non-hydrogen) atoms. The molecule has 1 amide bonds. The molecule has 3 rings (SSSR count). The number of hydrogen-bond acceptors (Lipinski definition) is 4. The maximum absolute atomic E-state index is 12.6. The van der Waals surface area contributed by atoms with Gasteiger partial charge in [0.1, 0.15) is 11.4 Å². The summed E-state index contributed by atoms with van der Waals surface area (Å²) in [5.41, 5.74) is 3.07. The minimum absolute atomic E-state index is 0.245. The van der Waals surface area contributed by atoms with Gasteiger partial charge in [-0.25, -0.2) is 0 Å². The molecular formula is C22H23N3O2. The number of nitrogens with zero attached hydrogens (tertiary/aromatic N) is 2. The molecule has 1 aromatic heterocycles. The molecule has 1 N–H and O–H groups in total. The number of hydrogen-bond donors (Lipinski definition) is 1. The Hall–Kier alpha value is -3.34. The van der Waals surface area contributed by atoms with Gasteiger partial charge in [-0.3, -0.25) is 9.78 Å². The molecule has 0 radical (unpaired) electrons. The van der Waals surface area contributed by atoms with E-state index in [1.54, 1.807) is 12.3 Å². The summed E-state index contributed by atoms with van der Waals surface area (Å²) in [6.07, 6.45) is 1.66. The zero-order valence-electron chi connectivity index (χ0n) is 15.6. The number of amides is 1. The number of anilines is 3. The van der Waals surface area contributed by atoms with E-state index in [0.29, 0.717) is 18.0 Å². The van der Waals surface area contributed by atoms with Gasteiger partial charge in [0.15, 0.2) is 0 Å². The van der Waals surface area contributed by atoms with E-state index in [1.807, 2.05) is 67.6 Å². The van der Waals surface area contributed by atoms with Gasteiger partial charge in [0.05, 0.1) is 6.61 Å². The Morgan fingerprint density at radius 1 is 1.00 bits per heavy atom. The molecule has 0 saturated heterocycles. The summed E-state index contributed by atoms with van der Waals surface area (Å²) in [5, 5.41) is 2.88. The monoisotopic (exact) mass is 361 g/mol. The summed E-state index contributed by atoms with van der Waals surface area (Å²) in [6.45, 7) is 5.40. The number of aromatic nitrogens is 1. The number of rotatable bonds is 7. The highest BCUT2D eigenvalue weighted by Gasteiger charge is 2.12. The molecule has 2 aromatic carbocycles. The molecule has 3 aromatic rings. The highest BCUT2D eigenvalue weighted by Crippen LogP contribution is 2.25. The van der Waals surface area contributed by atoms with Crippen molar-refractivity contribution in [2.24, 2.45) is 0 Å². The Bertz CT molecular complexity index is 880. The zero-order valence-corrected chi connectivity index (χ0v) is 15.6. The molecule has 0 unspecified atom stereocenters. The van der Waals surface area contributed by atoms with Crippen LogP contribution < -0.4 is 15.0 Å². The van der Waals surface area contributed by atoms with Crippen LogP contribution in [0, 0.1) is 0 Å². The number of ether oxygens (including phenoxy) is 1. The molecule has 0 spiro atoms. The third-order valence-electron chi connectivity index (χ3n) is 4.10. The van der Waals surface area contributed by atoms with E-state index in [2.05, 4.69) is 22.1 Å². The molecule has 0 saturated carbocycles. The number of carbonyl (C=O) groups is 1. The van der Waals surface area contributed by atoms with Crippen molar-refractivity contribution in [3.05, 3.63) is 78.6 Å². The van der Waals surface area contributed by atoms with Gasteiger partial charge >= 0.3 is 0 Å². The quantitative estimate of drug-likeness (QED) is 0.651. The largest absolute Gasteiger partial charge is 0.494 e. The van der Waals surface area contributed by atoms with E-state index in [9.17, 15) is 4.79 Å². The zero-order chi connectivity index (χ0) is 19.1. The smallest absolute Gasteiger partial charge is 0.274 e. The summed E-state index contributed by atoms with van der Waals surface area (Å²) < 4.78 is 5.42. The van der Waals surface area contributed by atoms with E-state index < -0.39 is 0 Å². The van der Waals surface area contributed by atoms with Crippen LogP contribution in [-0.4, -0.2) is 24.0 Å². The number of para-hydroxylation sites is 1. The minimum Gasteiger partial charge on any atom is -0.494 e. The second kappa shape index (κ2) is 8.85. The summed E-state index contributed by atoms with van der Waals surface area (Å²) in [7, 11) is 0. The lowest BCUT2D eigenvalue weighted by Gasteiger charge is -2.23. The van der Waals surface area contributed by atoms with E-state index >= 15 is 0 Å². The number of nitrogens with one attached hydrogen (secondary N) is 1. The number of carbonyl (C=O) groups excluding carboxylic acids is 1. The normalized spacial score (nSPS) is 10.3. The molecule has 0 aliphatic carbocycles. The van der Waals surface area contributed by atoms with Gasteiger partial charge in [0.25, 0.3) is 5.91 Å². The fraction of sp³-hybridized carbons (Fsp3) is 0.182. The van der Waals surface area contributed by atoms with Gasteiger partial charge in [-0.1, -0.05) is 18.2 Å². The van der Waals surface area contributed by atoms with Crippen molar-refractivity contribution in [3.63, 3.8) is 0 Å². The first-order chi connectivity index (χ1) is 13.2. The van der Waals surface area contributed by atoms with E-state index in [-0.39, 0.29) is 5.91 Å². The van der Waals surface area contributed by atoms with E-state index in [4.69, 9.17) is 4.74 Å². The number of pyridine rings is 1. The highest BCUT2D eigenvalue weighted by molar-refractivity contribution is 6.03. The fourth-order valence-corrected chi connectivity index (χ4v) is 2.83. The Morgan fingerprint density at radius 3 is 2.41 bits per heavy atom. The van der Waals surface area contributed by atoms with E-state index in [0.717, 1.165) is 23.7 Å². The SMILES string of the molecule is CCOc1ccc(NC(=O)c2cc(N(CC)c3ccccc3)ccn2)cc1. The van der Waals surface area contributed by atoms with Crippen LogP contribution in [-0.2, 0) is 0 Å². The fourth-order valence-electron chi connectivity index (χ4n) is 2.83. The van der Waals surface area contributed by atoms with Crippen LogP contribution in [0.2, 0.25) is 0 Å². The van der Waals surface area contributed by atoms with Crippen molar-refractivity contribution < 1.29 is 9.53 Å². The molecule has 1 heterocycles. The first-order valence-corrected chi connectivity index (χ1v) is 9.04. The molecule has 5 heteroatoms. The molecule has 0 atom stereocenters. The van der Waals surface area contributed by atoms with Crippen LogP contribution >= 0.6 is 0 Å². The van der Waals surface area contributed by atoms with Crippen molar-refractivity contribution in [3.8, 4) is 5.75 Å². The predicted molar refractivity (Wildman–Crippen MR) is 109 cm³/mol. The topological polar surface area (TPSA) is 54.5 Å². The first-order valence-electron chi connectivity index (χ1n) is 9.04. The second-order valence-electron chi connectivity index (χ2n) is 5.89. The average Bonchev–Trinajstić information content (AvgIpc) is 2.71. The van der Waals surface area contributed by atoms with Gasteiger partial charge in [0, 0.05) is 29.8 Å². The summed E-state index contributed by atoms with van der Waals surface area (Å²) >= 11 is 0. The van der Waals surface area contributed by atoms with Gasteiger partial charge < -0.3 is 15.0 Å². The van der Waals surface area contributed by atoms with Gasteiger partial charge in [0.2, 0.25) is 0 Å². The van der Waals surface area contributed by atoms with Crippen molar-refractivity contribution >= 4 is 23.0 Å². The van der Waals surface area contributed by atoms with Gasteiger partial charge in [-0.2, -0.15) is 0 Å². The lowest BCUT2D eigenvalue weighted by atomic mass is 10.2. The number of benzene rings is 2. The lowest BCUT2D eigenvalue weighted by molar-refractivity contribution is 0.102. The maximum Gasteiger partial charge on any atom is 0.274 e. The summed E-state index contributed by atoms with van der Waals surface area (Å²) in [6, 6.07) is 21.1. The predicted octanol–water partition coefficient (Wildman–Crippen LogP) is 4.89. The molecule has 138 valence electrons. The third kappa shape index (κ3) is 4.64. The van der Waals surface area contributed by atoms with Crippen molar-refractivity contribution in [1.82, 2.24) is 4.98 Å². The standard InChI is InChI=1S/C22H23N3O2/c1-3-25(18-8-6-5-7-9-18)19-14-15-23-21(16-19)22(26)24-17-10-12-20(13-11-17)27-4-2/h5-16H,3-4H2,1-2H3,(H,24,26). The van der Waals surface area contributed by atoms with Crippen LogP contribution in [0.25, 0.3) is 0 Å². The maximum atomic E-state index is 12.6. The Labute approximate surface area is 159 Å². The molecular weight excluding hydrogens is 338 g/mol. The third-order valence-corrected chi connectivity index (χ3v) is 4.10. The first kappa shape index (κ1) is 18.5. The van der Waals surface area contributed by atoms with E-state index in [1.165, 1.54) is 0 Å². The lowest BCUT2D eigenvalue weighted by Crippen LogP contribution is -2.18. The van der Waals surface area contributed by atoms with Gasteiger partial charge in [-0.15, -0.1) is 0 Å². The van der Waals surface area contributed by atoms with Crippen molar-refractivity contribution in [2.45, 2.75) is 13.8 Å². The minimum atomic E-state index is -0.245. The van der Waals surface area contributed by atoms with Crippen LogP contribution in [0.3, 0.4) is 0 Å². The van der Waals surface area contributed by atoms with Crippen LogP contribution in [0.1, 0.15) is 24.3 Å². The molecule has 0 bridgehead atoms. The van der Waals surface area contributed by atoms with Crippen LogP contribution in [0.15, 0.2) is 72.9 Å². The van der Waals surface area contributed by atoms with Gasteiger partial charge in [-0.05, 0) is 62.4 Å². The molecule has 0 aliphatic rings. The van der Waals surface area contributed by atoms with Crippen molar-refractivity contribution in [1.29, 1.82) is 0 Å². The molecule has 0 fully saturated rings. The summed E-state index contributed by atoms with van der Waals surface area (Å²) in [4.78, 5) is 19.0. The average molecular weight is 361 g/mol. The Balaban J connectivity index is 1.77. The highest BCUT2D eigenvalue weighted by atomic mass is 16.5. The van der Waals surface area contributed by atoms with Crippen LogP contribution in [0.5, 0.6) is 5.75 Å². The molecule has 5 nitrogen and oxygen atoms in total.